The summed E-state index contributed by atoms with van der Waals surface area (Å²) in [5.41, 5.74) is 6.27. The number of carbonyl (C=O) groups excluding carboxylic acids is 1. The number of nitrogens with two attached hydrogens (primary N) is 1. The van der Waals surface area contributed by atoms with Gasteiger partial charge in [0.05, 0.1) is 16.9 Å². The lowest BCUT2D eigenvalue weighted by Gasteiger charge is -2.37. The largest absolute Gasteiger partial charge is 0.480 e. The Bertz CT molecular complexity index is 553. The molecule has 0 aliphatic rings. The maximum absolute atomic E-state index is 11.7. The van der Waals surface area contributed by atoms with Gasteiger partial charge < -0.3 is 15.7 Å². The van der Waals surface area contributed by atoms with E-state index >= 15 is 0 Å². The van der Waals surface area contributed by atoms with Gasteiger partial charge in [0.15, 0.2) is 0 Å². The van der Waals surface area contributed by atoms with Crippen molar-refractivity contribution in [3.8, 4) is 0 Å². The number of hydrogen-bond acceptors (Lipinski definition) is 4. The Hall–Kier alpha value is -2.11. The summed E-state index contributed by atoms with van der Waals surface area (Å²) in [6.45, 7) is 8.94. The molecule has 20 heavy (non-hydrogen) atoms. The fourth-order valence-electron chi connectivity index (χ4n) is 2.31. The number of pyridine rings is 1. The first-order valence-electron chi connectivity index (χ1n) is 6.42. The normalized spacial score (nSPS) is 11.2. The minimum absolute atomic E-state index is 0.270. The standard InChI is InChI=1S/C14H21N3O3/c1-6-17(14(4,5)13(19)20)10-7-8(2)16-9(3)11(10)12(15)18/h7H,6H2,1-5H3,(H2,15,18)(H,19,20). The van der Waals surface area contributed by atoms with Gasteiger partial charge in [-0.2, -0.15) is 0 Å². The highest BCUT2D eigenvalue weighted by atomic mass is 16.4. The van der Waals surface area contributed by atoms with Gasteiger partial charge in [0.1, 0.15) is 5.54 Å². The second-order valence-electron chi connectivity index (χ2n) is 5.22. The van der Waals surface area contributed by atoms with Crippen molar-refractivity contribution in [2.24, 2.45) is 5.73 Å². The summed E-state index contributed by atoms with van der Waals surface area (Å²) in [7, 11) is 0. The zero-order chi connectivity index (χ0) is 15.7. The molecule has 3 N–H and O–H groups in total. The lowest BCUT2D eigenvalue weighted by Crippen LogP contribution is -2.51. The third kappa shape index (κ3) is 2.74. The van der Waals surface area contributed by atoms with E-state index in [1.54, 1.807) is 38.7 Å². The second-order valence-corrected chi connectivity index (χ2v) is 5.22. The van der Waals surface area contributed by atoms with Crippen LogP contribution in [0.1, 0.15) is 42.5 Å². The number of likely N-dealkylation sites (N-methyl/N-ethyl adjacent to an activating group) is 1. The second kappa shape index (κ2) is 5.48. The Labute approximate surface area is 118 Å². The minimum Gasteiger partial charge on any atom is -0.480 e. The van der Waals surface area contributed by atoms with Gasteiger partial charge in [0, 0.05) is 12.2 Å². The molecule has 0 fully saturated rings. The van der Waals surface area contributed by atoms with Crippen molar-refractivity contribution in [2.45, 2.75) is 40.2 Å². The van der Waals surface area contributed by atoms with Crippen LogP contribution in [0.4, 0.5) is 5.69 Å². The van der Waals surface area contributed by atoms with Crippen molar-refractivity contribution in [1.82, 2.24) is 4.98 Å². The number of carboxylic acids is 1. The molecule has 0 aliphatic heterocycles. The Morgan fingerprint density at radius 2 is 1.95 bits per heavy atom. The van der Waals surface area contributed by atoms with Gasteiger partial charge in [-0.05, 0) is 40.7 Å². The molecule has 1 heterocycles. The zero-order valence-corrected chi connectivity index (χ0v) is 12.5. The van der Waals surface area contributed by atoms with Crippen LogP contribution in [-0.4, -0.2) is 34.1 Å². The molecule has 1 aromatic rings. The number of hydrogen-bond donors (Lipinski definition) is 2. The topological polar surface area (TPSA) is 96.5 Å². The summed E-state index contributed by atoms with van der Waals surface area (Å²) in [5.74, 6) is -1.58. The minimum atomic E-state index is -1.15. The lowest BCUT2D eigenvalue weighted by molar-refractivity contribution is -0.142. The van der Waals surface area contributed by atoms with Gasteiger partial charge in [-0.15, -0.1) is 0 Å². The quantitative estimate of drug-likeness (QED) is 0.851. The summed E-state index contributed by atoms with van der Waals surface area (Å²) in [6.07, 6.45) is 0. The Balaban J connectivity index is 3.58. The fraction of sp³-hybridized carbons (Fsp3) is 0.500. The lowest BCUT2D eigenvalue weighted by atomic mass is 9.99. The van der Waals surface area contributed by atoms with Gasteiger partial charge in [0.25, 0.3) is 5.91 Å². The van der Waals surface area contributed by atoms with Crippen LogP contribution < -0.4 is 10.6 Å². The van der Waals surface area contributed by atoms with Crippen molar-refractivity contribution < 1.29 is 14.7 Å². The van der Waals surface area contributed by atoms with Crippen LogP contribution in [0.5, 0.6) is 0 Å². The zero-order valence-electron chi connectivity index (χ0n) is 12.5. The van der Waals surface area contributed by atoms with Gasteiger partial charge in [-0.25, -0.2) is 4.79 Å². The average molecular weight is 279 g/mol. The molecule has 0 unspecified atom stereocenters. The number of aryl methyl sites for hydroxylation is 2. The number of anilines is 1. The molecule has 6 nitrogen and oxygen atoms in total. The molecule has 1 aromatic heterocycles. The molecule has 0 atom stereocenters. The highest BCUT2D eigenvalue weighted by Crippen LogP contribution is 2.29. The van der Waals surface area contributed by atoms with Crippen LogP contribution in [-0.2, 0) is 4.79 Å². The summed E-state index contributed by atoms with van der Waals surface area (Å²) in [6, 6.07) is 1.70. The molecule has 0 spiro atoms. The van der Waals surface area contributed by atoms with E-state index in [4.69, 9.17) is 5.73 Å². The van der Waals surface area contributed by atoms with E-state index in [1.165, 1.54) is 0 Å². The van der Waals surface area contributed by atoms with E-state index < -0.39 is 17.4 Å². The number of carboxylic acid groups (broad SMARTS) is 1. The molecule has 0 saturated heterocycles. The number of rotatable bonds is 5. The third-order valence-corrected chi connectivity index (χ3v) is 3.36. The monoisotopic (exact) mass is 279 g/mol. The smallest absolute Gasteiger partial charge is 0.328 e. The van der Waals surface area contributed by atoms with Crippen LogP contribution in [0.15, 0.2) is 6.07 Å². The van der Waals surface area contributed by atoms with Crippen LogP contribution in [0.3, 0.4) is 0 Å². The maximum Gasteiger partial charge on any atom is 0.328 e. The average Bonchev–Trinajstić information content (AvgIpc) is 2.27. The van der Waals surface area contributed by atoms with E-state index in [1.807, 2.05) is 6.92 Å². The van der Waals surface area contributed by atoms with E-state index in [9.17, 15) is 14.7 Å². The molecular weight excluding hydrogens is 258 g/mol. The van der Waals surface area contributed by atoms with Crippen LogP contribution in [0.2, 0.25) is 0 Å². The summed E-state index contributed by atoms with van der Waals surface area (Å²) in [4.78, 5) is 29.0. The van der Waals surface area contributed by atoms with Gasteiger partial charge >= 0.3 is 5.97 Å². The SMILES string of the molecule is CCN(c1cc(C)nc(C)c1C(N)=O)C(C)(C)C(=O)O. The number of primary amides is 1. The van der Waals surface area contributed by atoms with E-state index in [0.29, 0.717) is 23.6 Å². The van der Waals surface area contributed by atoms with Crippen molar-refractivity contribution in [3.05, 3.63) is 23.0 Å². The van der Waals surface area contributed by atoms with Crippen molar-refractivity contribution in [3.63, 3.8) is 0 Å². The predicted octanol–water partition coefficient (Wildman–Crippen LogP) is 1.49. The fourth-order valence-corrected chi connectivity index (χ4v) is 2.31. The molecule has 6 heteroatoms. The Morgan fingerprint density at radius 1 is 1.40 bits per heavy atom. The molecule has 0 bridgehead atoms. The molecule has 1 amide bonds. The first kappa shape index (κ1) is 15.9. The van der Waals surface area contributed by atoms with Crippen LogP contribution >= 0.6 is 0 Å². The predicted molar refractivity (Wildman–Crippen MR) is 77.0 cm³/mol. The van der Waals surface area contributed by atoms with Gasteiger partial charge in [0.2, 0.25) is 0 Å². The Morgan fingerprint density at radius 3 is 2.35 bits per heavy atom. The van der Waals surface area contributed by atoms with E-state index in [-0.39, 0.29) is 5.56 Å². The third-order valence-electron chi connectivity index (χ3n) is 3.36. The maximum atomic E-state index is 11.7. The highest BCUT2D eigenvalue weighted by molar-refractivity contribution is 6.00. The van der Waals surface area contributed by atoms with E-state index in [0.717, 1.165) is 0 Å². The highest BCUT2D eigenvalue weighted by Gasteiger charge is 2.36. The van der Waals surface area contributed by atoms with Gasteiger partial charge in [-0.3, -0.25) is 9.78 Å². The van der Waals surface area contributed by atoms with Gasteiger partial charge in [-0.1, -0.05) is 0 Å². The van der Waals surface area contributed by atoms with Crippen molar-refractivity contribution in [2.75, 3.05) is 11.4 Å². The molecule has 1 rings (SSSR count). The molecule has 0 radical (unpaired) electrons. The first-order valence-corrected chi connectivity index (χ1v) is 6.42. The number of carbonyl (C=O) groups is 2. The molecule has 0 aromatic carbocycles. The first-order chi connectivity index (χ1) is 9.12. The molecule has 110 valence electrons. The molecular formula is C14H21N3O3. The van der Waals surface area contributed by atoms with Crippen molar-refractivity contribution in [1.29, 1.82) is 0 Å². The molecule has 0 saturated carbocycles. The number of nitrogens with zero attached hydrogens (tertiary/aromatic N) is 2. The summed E-state index contributed by atoms with van der Waals surface area (Å²) in [5, 5.41) is 9.40. The number of amides is 1. The summed E-state index contributed by atoms with van der Waals surface area (Å²) >= 11 is 0. The number of aliphatic carboxylic acids is 1. The summed E-state index contributed by atoms with van der Waals surface area (Å²) < 4.78 is 0. The molecule has 0 aliphatic carbocycles. The van der Waals surface area contributed by atoms with Crippen LogP contribution in [0, 0.1) is 13.8 Å². The van der Waals surface area contributed by atoms with Crippen LogP contribution in [0.25, 0.3) is 0 Å². The number of aromatic nitrogens is 1. The van der Waals surface area contributed by atoms with E-state index in [2.05, 4.69) is 4.98 Å². The van der Waals surface area contributed by atoms with Crippen molar-refractivity contribution >= 4 is 17.6 Å². The Kier molecular flexibility index (Phi) is 4.37.